The summed E-state index contributed by atoms with van der Waals surface area (Å²) in [6, 6.07) is 12.7. The van der Waals surface area contributed by atoms with E-state index in [-0.39, 0.29) is 11.9 Å². The molecule has 0 saturated carbocycles. The van der Waals surface area contributed by atoms with Gasteiger partial charge in [0, 0.05) is 18.8 Å². The van der Waals surface area contributed by atoms with Crippen molar-refractivity contribution in [2.45, 2.75) is 6.43 Å². The third-order valence-electron chi connectivity index (χ3n) is 5.47. The van der Waals surface area contributed by atoms with Gasteiger partial charge in [-0.05, 0) is 30.3 Å². The minimum atomic E-state index is -2.81. The number of morpholine rings is 1. The lowest BCUT2D eigenvalue weighted by Crippen LogP contribution is -2.37. The lowest BCUT2D eigenvalue weighted by atomic mass is 10.3. The van der Waals surface area contributed by atoms with Gasteiger partial charge < -0.3 is 15.0 Å². The number of fused-ring (bicyclic) bond motifs is 2. The van der Waals surface area contributed by atoms with Crippen molar-refractivity contribution in [3.05, 3.63) is 53.8 Å². The maximum absolute atomic E-state index is 14.0. The van der Waals surface area contributed by atoms with Crippen LogP contribution in [0.4, 0.5) is 26.4 Å². The number of alkyl halides is 2. The van der Waals surface area contributed by atoms with Crippen molar-refractivity contribution in [2.24, 2.45) is 0 Å². The van der Waals surface area contributed by atoms with Gasteiger partial charge in [0.1, 0.15) is 0 Å². The van der Waals surface area contributed by atoms with Crippen LogP contribution in [-0.2, 0) is 4.74 Å². The van der Waals surface area contributed by atoms with Gasteiger partial charge in [0.2, 0.25) is 17.8 Å². The van der Waals surface area contributed by atoms with Gasteiger partial charge in [0.25, 0.3) is 6.43 Å². The highest BCUT2D eigenvalue weighted by Gasteiger charge is 2.24. The molecule has 1 aliphatic heterocycles. The van der Waals surface area contributed by atoms with E-state index in [1.54, 1.807) is 41.1 Å². The van der Waals surface area contributed by atoms with Crippen LogP contribution in [0.1, 0.15) is 12.2 Å². The normalized spacial score (nSPS) is 14.4. The van der Waals surface area contributed by atoms with E-state index in [4.69, 9.17) is 4.74 Å². The van der Waals surface area contributed by atoms with E-state index < -0.39 is 12.2 Å². The van der Waals surface area contributed by atoms with E-state index >= 15 is 0 Å². The van der Waals surface area contributed by atoms with Crippen molar-refractivity contribution in [1.82, 2.24) is 29.5 Å². The number of hydrogen-bond donors (Lipinski definition) is 1. The number of hydrogen-bond acceptors (Lipinski definition) is 9. The zero-order chi connectivity index (χ0) is 23.1. The molecular formula is C22H18F2N8OS. The Bertz CT molecular complexity index is 1480. The number of rotatable bonds is 5. The summed E-state index contributed by atoms with van der Waals surface area (Å²) >= 11 is 1.55. The summed E-state index contributed by atoms with van der Waals surface area (Å²) in [7, 11) is 0. The first-order valence-electron chi connectivity index (χ1n) is 10.6. The monoisotopic (exact) mass is 480 g/mol. The summed E-state index contributed by atoms with van der Waals surface area (Å²) in [5.41, 5.74) is 4.29. The van der Waals surface area contributed by atoms with E-state index in [9.17, 15) is 8.78 Å². The molecule has 6 rings (SSSR count). The fourth-order valence-corrected chi connectivity index (χ4v) is 4.54. The molecule has 3 aromatic heterocycles. The second-order valence-corrected chi connectivity index (χ2v) is 8.50. The van der Waals surface area contributed by atoms with Gasteiger partial charge in [-0.25, -0.2) is 18.7 Å². The Labute approximate surface area is 196 Å². The van der Waals surface area contributed by atoms with Crippen molar-refractivity contribution >= 4 is 50.2 Å². The number of ether oxygens (including phenoxy) is 1. The Hall–Kier alpha value is -3.77. The topological polar surface area (TPSA) is 93.9 Å². The Morgan fingerprint density at radius 3 is 2.62 bits per heavy atom. The largest absolute Gasteiger partial charge is 0.378 e. The standard InChI is InChI=1S/C22H18F2N8OS/c23-18(24)19-27-14-3-1-2-4-16(14)32(19)22-29-20(28-21(30-22)31-7-9-33-10-8-31)26-13-5-6-17-15(11-13)25-12-34-17/h1-6,11-12,18H,7-10H2,(H,26,28,29,30). The van der Waals surface area contributed by atoms with Gasteiger partial charge in [-0.2, -0.15) is 15.0 Å². The Morgan fingerprint density at radius 2 is 1.76 bits per heavy atom. The molecule has 0 amide bonds. The predicted molar refractivity (Wildman–Crippen MR) is 125 cm³/mol. The summed E-state index contributed by atoms with van der Waals surface area (Å²) in [6.07, 6.45) is -2.81. The molecule has 9 nitrogen and oxygen atoms in total. The van der Waals surface area contributed by atoms with Crippen LogP contribution in [0.15, 0.2) is 48.0 Å². The highest BCUT2D eigenvalue weighted by atomic mass is 32.1. The average molecular weight is 481 g/mol. The van der Waals surface area contributed by atoms with Gasteiger partial charge in [0.15, 0.2) is 5.82 Å². The molecule has 172 valence electrons. The molecule has 1 saturated heterocycles. The van der Waals surface area contributed by atoms with E-state index in [2.05, 4.69) is 30.2 Å². The molecule has 1 fully saturated rings. The number of aromatic nitrogens is 6. The molecule has 1 N–H and O–H groups in total. The van der Waals surface area contributed by atoms with Crippen LogP contribution in [0.3, 0.4) is 0 Å². The van der Waals surface area contributed by atoms with Gasteiger partial charge in [-0.15, -0.1) is 11.3 Å². The molecule has 0 radical (unpaired) electrons. The third kappa shape index (κ3) is 3.80. The fraction of sp³-hybridized carbons (Fsp3) is 0.227. The Morgan fingerprint density at radius 1 is 0.941 bits per heavy atom. The first-order chi connectivity index (χ1) is 16.7. The second-order valence-electron chi connectivity index (χ2n) is 7.61. The van der Waals surface area contributed by atoms with Crippen LogP contribution >= 0.6 is 11.3 Å². The van der Waals surface area contributed by atoms with E-state index in [0.717, 1.165) is 15.9 Å². The molecule has 0 atom stereocenters. The van der Waals surface area contributed by atoms with Crippen LogP contribution < -0.4 is 10.2 Å². The molecular weight excluding hydrogens is 462 g/mol. The quantitative estimate of drug-likeness (QED) is 0.397. The SMILES string of the molecule is FC(F)c1nc2ccccc2n1-c1nc(Nc2ccc3scnc3c2)nc(N2CCOCC2)n1. The fourth-order valence-electron chi connectivity index (χ4n) is 3.88. The highest BCUT2D eigenvalue weighted by Crippen LogP contribution is 2.29. The predicted octanol–water partition coefficient (Wildman–Crippen LogP) is 4.34. The highest BCUT2D eigenvalue weighted by molar-refractivity contribution is 7.16. The summed E-state index contributed by atoms with van der Waals surface area (Å²) in [6.45, 7) is 2.22. The lowest BCUT2D eigenvalue weighted by molar-refractivity contribution is 0.122. The lowest BCUT2D eigenvalue weighted by Gasteiger charge is -2.27. The van der Waals surface area contributed by atoms with Crippen LogP contribution in [0.25, 0.3) is 27.2 Å². The first-order valence-corrected chi connectivity index (χ1v) is 11.5. The van der Waals surface area contributed by atoms with Gasteiger partial charge in [-0.3, -0.25) is 4.57 Å². The van der Waals surface area contributed by atoms with Crippen LogP contribution in [-0.4, -0.2) is 55.8 Å². The average Bonchev–Trinajstić information content (AvgIpc) is 3.49. The zero-order valence-corrected chi connectivity index (χ0v) is 18.5. The van der Waals surface area contributed by atoms with Gasteiger partial charge in [-0.1, -0.05) is 12.1 Å². The van der Waals surface area contributed by atoms with Crippen molar-refractivity contribution in [1.29, 1.82) is 0 Å². The maximum atomic E-state index is 14.0. The van der Waals surface area contributed by atoms with Crippen molar-refractivity contribution in [3.8, 4) is 5.95 Å². The smallest absolute Gasteiger partial charge is 0.296 e. The van der Waals surface area contributed by atoms with E-state index in [1.165, 1.54) is 4.57 Å². The molecule has 0 bridgehead atoms. The van der Waals surface area contributed by atoms with E-state index in [0.29, 0.717) is 43.3 Å². The number of anilines is 3. The molecule has 0 spiro atoms. The van der Waals surface area contributed by atoms with Crippen LogP contribution in [0.5, 0.6) is 0 Å². The number of imidazole rings is 1. The summed E-state index contributed by atoms with van der Waals surface area (Å²) < 4.78 is 35.7. The maximum Gasteiger partial charge on any atom is 0.296 e. The van der Waals surface area contributed by atoms with Gasteiger partial charge in [0.05, 0.1) is 40.0 Å². The molecule has 2 aromatic carbocycles. The number of nitrogens with one attached hydrogen (secondary N) is 1. The molecule has 0 unspecified atom stereocenters. The Balaban J connectivity index is 1.49. The summed E-state index contributed by atoms with van der Waals surface area (Å²) in [5, 5.41) is 3.19. The van der Waals surface area contributed by atoms with Crippen molar-refractivity contribution in [2.75, 3.05) is 36.5 Å². The molecule has 5 aromatic rings. The number of thiazole rings is 1. The van der Waals surface area contributed by atoms with Crippen molar-refractivity contribution in [3.63, 3.8) is 0 Å². The van der Waals surface area contributed by atoms with Crippen molar-refractivity contribution < 1.29 is 13.5 Å². The molecule has 1 aliphatic rings. The molecule has 34 heavy (non-hydrogen) atoms. The zero-order valence-electron chi connectivity index (χ0n) is 17.7. The number of nitrogens with zero attached hydrogens (tertiary/aromatic N) is 7. The number of halogens is 2. The van der Waals surface area contributed by atoms with Crippen LogP contribution in [0.2, 0.25) is 0 Å². The number of para-hydroxylation sites is 2. The second kappa shape index (κ2) is 8.54. The van der Waals surface area contributed by atoms with Crippen LogP contribution in [0, 0.1) is 0 Å². The Kier molecular flexibility index (Phi) is 5.23. The third-order valence-corrected chi connectivity index (χ3v) is 6.28. The molecule has 12 heteroatoms. The minimum absolute atomic E-state index is 0.0673. The number of benzene rings is 2. The summed E-state index contributed by atoms with van der Waals surface area (Å²) in [5.74, 6) is 0.260. The van der Waals surface area contributed by atoms with Gasteiger partial charge >= 0.3 is 0 Å². The minimum Gasteiger partial charge on any atom is -0.378 e. The molecule has 0 aliphatic carbocycles. The first kappa shape index (κ1) is 20.8. The molecule has 4 heterocycles. The summed E-state index contributed by atoms with van der Waals surface area (Å²) in [4.78, 5) is 24.1. The van der Waals surface area contributed by atoms with E-state index in [1.807, 2.05) is 23.1 Å².